The number of hydrogen-bond acceptors (Lipinski definition) is 6. The van der Waals surface area contributed by atoms with Crippen molar-refractivity contribution in [2.45, 2.75) is 13.5 Å². The van der Waals surface area contributed by atoms with Gasteiger partial charge in [-0.05, 0) is 30.2 Å². The lowest BCUT2D eigenvalue weighted by molar-refractivity contribution is 0.0602. The van der Waals surface area contributed by atoms with Crippen molar-refractivity contribution in [3.8, 4) is 0 Å². The van der Waals surface area contributed by atoms with Gasteiger partial charge in [0.15, 0.2) is 0 Å². The molecule has 3 aromatic rings. The molecule has 1 amide bonds. The lowest BCUT2D eigenvalue weighted by Crippen LogP contribution is -2.17. The summed E-state index contributed by atoms with van der Waals surface area (Å²) in [7, 11) is 1.29. The number of amides is 1. The molecule has 2 aromatic carbocycles. The van der Waals surface area contributed by atoms with E-state index in [-0.39, 0.29) is 11.3 Å². The fraction of sp³-hybridized carbons (Fsp3) is 0.143. The van der Waals surface area contributed by atoms with Gasteiger partial charge in [0.2, 0.25) is 0 Å². The second-order valence-electron chi connectivity index (χ2n) is 6.06. The molecule has 1 heterocycles. The molecule has 0 bridgehead atoms. The van der Waals surface area contributed by atoms with Crippen LogP contribution in [0.4, 0.5) is 11.5 Å². The van der Waals surface area contributed by atoms with Crippen LogP contribution in [0.5, 0.6) is 0 Å². The molecule has 0 aliphatic rings. The molecule has 0 unspecified atom stereocenters. The molecule has 0 aliphatic carbocycles. The summed E-state index contributed by atoms with van der Waals surface area (Å²) in [5.41, 5.74) is 3.11. The number of nitrogens with zero attached hydrogens (tertiary/aromatic N) is 2. The number of methoxy groups -OCH3 is 1. The molecule has 142 valence electrons. The van der Waals surface area contributed by atoms with Crippen molar-refractivity contribution in [3.63, 3.8) is 0 Å². The predicted octanol–water partition coefficient (Wildman–Crippen LogP) is 3.44. The largest absolute Gasteiger partial charge is 0.465 e. The van der Waals surface area contributed by atoms with E-state index in [1.165, 1.54) is 19.0 Å². The summed E-state index contributed by atoms with van der Waals surface area (Å²) in [6, 6.07) is 16.2. The maximum absolute atomic E-state index is 12.6. The second kappa shape index (κ2) is 8.77. The molecule has 0 fully saturated rings. The van der Waals surface area contributed by atoms with Gasteiger partial charge in [0.05, 0.1) is 18.4 Å². The van der Waals surface area contributed by atoms with E-state index in [1.807, 2.05) is 31.2 Å². The van der Waals surface area contributed by atoms with Gasteiger partial charge in [0, 0.05) is 12.6 Å². The molecular weight excluding hydrogens is 356 g/mol. The predicted molar refractivity (Wildman–Crippen MR) is 106 cm³/mol. The van der Waals surface area contributed by atoms with Gasteiger partial charge in [-0.15, -0.1) is 0 Å². The summed E-state index contributed by atoms with van der Waals surface area (Å²) in [4.78, 5) is 32.6. The number of para-hydroxylation sites is 1. The zero-order chi connectivity index (χ0) is 19.9. The highest BCUT2D eigenvalue weighted by molar-refractivity contribution is 6.07. The summed E-state index contributed by atoms with van der Waals surface area (Å²) in [5, 5.41) is 5.89. The van der Waals surface area contributed by atoms with E-state index >= 15 is 0 Å². The molecule has 7 heteroatoms. The first-order valence-corrected chi connectivity index (χ1v) is 8.67. The van der Waals surface area contributed by atoms with Crippen LogP contribution in [-0.4, -0.2) is 29.0 Å². The van der Waals surface area contributed by atoms with E-state index in [0.717, 1.165) is 5.56 Å². The lowest BCUT2D eigenvalue weighted by Gasteiger charge is -2.11. The van der Waals surface area contributed by atoms with Crippen LogP contribution in [0, 0.1) is 6.92 Å². The Morgan fingerprint density at radius 1 is 1.04 bits per heavy atom. The third-order valence-electron chi connectivity index (χ3n) is 4.20. The quantitative estimate of drug-likeness (QED) is 0.640. The number of aromatic nitrogens is 2. The normalized spacial score (nSPS) is 10.2. The Morgan fingerprint density at radius 3 is 2.57 bits per heavy atom. The van der Waals surface area contributed by atoms with Gasteiger partial charge in [-0.1, -0.05) is 36.4 Å². The van der Waals surface area contributed by atoms with Crippen molar-refractivity contribution in [2.75, 3.05) is 17.7 Å². The van der Waals surface area contributed by atoms with Gasteiger partial charge in [-0.2, -0.15) is 0 Å². The standard InChI is InChI=1S/C21H20N4O3/c1-14-7-3-4-8-15(14)12-22-19-11-18(23-13-24-19)20(26)25-17-10-6-5-9-16(17)21(27)28-2/h3-11,13H,12H2,1-2H3,(H,25,26)(H,22,23,24). The van der Waals surface area contributed by atoms with E-state index in [9.17, 15) is 9.59 Å². The van der Waals surface area contributed by atoms with Crippen LogP contribution < -0.4 is 10.6 Å². The number of benzene rings is 2. The molecule has 0 saturated carbocycles. The van der Waals surface area contributed by atoms with E-state index in [0.29, 0.717) is 18.1 Å². The molecule has 7 nitrogen and oxygen atoms in total. The van der Waals surface area contributed by atoms with Gasteiger partial charge in [-0.3, -0.25) is 4.79 Å². The molecule has 0 radical (unpaired) electrons. The number of esters is 1. The number of nitrogens with one attached hydrogen (secondary N) is 2. The summed E-state index contributed by atoms with van der Waals surface area (Å²) in [6.45, 7) is 2.62. The fourth-order valence-corrected chi connectivity index (χ4v) is 2.64. The first kappa shape index (κ1) is 19.0. The highest BCUT2D eigenvalue weighted by atomic mass is 16.5. The Hall–Kier alpha value is -3.74. The van der Waals surface area contributed by atoms with Crippen LogP contribution in [0.2, 0.25) is 0 Å². The molecule has 0 atom stereocenters. The van der Waals surface area contributed by atoms with Crippen LogP contribution in [-0.2, 0) is 11.3 Å². The molecule has 2 N–H and O–H groups in total. The molecular formula is C21H20N4O3. The summed E-state index contributed by atoms with van der Waals surface area (Å²) >= 11 is 0. The smallest absolute Gasteiger partial charge is 0.339 e. The van der Waals surface area contributed by atoms with E-state index in [4.69, 9.17) is 4.74 Å². The summed E-state index contributed by atoms with van der Waals surface area (Å²) in [6.07, 6.45) is 1.32. The van der Waals surface area contributed by atoms with E-state index < -0.39 is 11.9 Å². The third-order valence-corrected chi connectivity index (χ3v) is 4.20. The molecule has 0 spiro atoms. The van der Waals surface area contributed by atoms with Crippen molar-refractivity contribution >= 4 is 23.4 Å². The van der Waals surface area contributed by atoms with Gasteiger partial charge in [-0.25, -0.2) is 14.8 Å². The Labute approximate surface area is 162 Å². The molecule has 3 rings (SSSR count). The van der Waals surface area contributed by atoms with Crippen LogP contribution in [0.15, 0.2) is 60.9 Å². The molecule has 0 saturated heterocycles. The van der Waals surface area contributed by atoms with Gasteiger partial charge < -0.3 is 15.4 Å². The first-order valence-electron chi connectivity index (χ1n) is 8.67. The first-order chi connectivity index (χ1) is 13.6. The van der Waals surface area contributed by atoms with E-state index in [1.54, 1.807) is 30.3 Å². The number of rotatable bonds is 6. The molecule has 0 aliphatic heterocycles. The average Bonchev–Trinajstić information content (AvgIpc) is 2.73. The Balaban J connectivity index is 1.73. The van der Waals surface area contributed by atoms with Crippen molar-refractivity contribution in [3.05, 3.63) is 83.3 Å². The monoisotopic (exact) mass is 376 g/mol. The maximum atomic E-state index is 12.6. The minimum atomic E-state index is -0.529. The number of ether oxygens (including phenoxy) is 1. The van der Waals surface area contributed by atoms with E-state index in [2.05, 4.69) is 20.6 Å². The van der Waals surface area contributed by atoms with Gasteiger partial charge in [0.25, 0.3) is 5.91 Å². The van der Waals surface area contributed by atoms with Crippen molar-refractivity contribution in [2.24, 2.45) is 0 Å². The number of carbonyl (C=O) groups excluding carboxylic acids is 2. The highest BCUT2D eigenvalue weighted by Gasteiger charge is 2.15. The molecule has 1 aromatic heterocycles. The minimum Gasteiger partial charge on any atom is -0.465 e. The lowest BCUT2D eigenvalue weighted by atomic mass is 10.1. The average molecular weight is 376 g/mol. The minimum absolute atomic E-state index is 0.182. The van der Waals surface area contributed by atoms with Crippen molar-refractivity contribution in [1.82, 2.24) is 9.97 Å². The zero-order valence-electron chi connectivity index (χ0n) is 15.6. The summed E-state index contributed by atoms with van der Waals surface area (Å²) < 4.78 is 4.74. The number of aryl methyl sites for hydroxylation is 1. The van der Waals surface area contributed by atoms with Gasteiger partial charge >= 0.3 is 5.97 Å². The van der Waals surface area contributed by atoms with Gasteiger partial charge in [0.1, 0.15) is 17.8 Å². The Morgan fingerprint density at radius 2 is 1.79 bits per heavy atom. The van der Waals surface area contributed by atoms with Crippen LogP contribution >= 0.6 is 0 Å². The Kier molecular flexibility index (Phi) is 5.96. The topological polar surface area (TPSA) is 93.2 Å². The number of anilines is 2. The Bertz CT molecular complexity index is 1000. The number of hydrogen-bond donors (Lipinski definition) is 2. The third kappa shape index (κ3) is 4.50. The number of carbonyl (C=O) groups is 2. The van der Waals surface area contributed by atoms with Crippen LogP contribution in [0.1, 0.15) is 32.0 Å². The van der Waals surface area contributed by atoms with Crippen molar-refractivity contribution in [1.29, 1.82) is 0 Å². The van der Waals surface area contributed by atoms with Crippen molar-refractivity contribution < 1.29 is 14.3 Å². The molecule has 28 heavy (non-hydrogen) atoms. The zero-order valence-corrected chi connectivity index (χ0v) is 15.6. The SMILES string of the molecule is COC(=O)c1ccccc1NC(=O)c1cc(NCc2ccccc2C)ncn1. The summed E-state index contributed by atoms with van der Waals surface area (Å²) in [5.74, 6) is -0.443. The highest BCUT2D eigenvalue weighted by Crippen LogP contribution is 2.17. The second-order valence-corrected chi connectivity index (χ2v) is 6.06. The van der Waals surface area contributed by atoms with Crippen LogP contribution in [0.3, 0.4) is 0 Å². The maximum Gasteiger partial charge on any atom is 0.339 e. The fourth-order valence-electron chi connectivity index (χ4n) is 2.64. The van der Waals surface area contributed by atoms with Crippen LogP contribution in [0.25, 0.3) is 0 Å².